The van der Waals surface area contributed by atoms with Gasteiger partial charge in [0.2, 0.25) is 5.91 Å². The Balaban J connectivity index is 2.42. The largest absolute Gasteiger partial charge is 0.379 e. The van der Waals surface area contributed by atoms with Crippen LogP contribution in [0.4, 0.5) is 10.1 Å². The van der Waals surface area contributed by atoms with E-state index in [4.69, 9.17) is 9.47 Å². The van der Waals surface area contributed by atoms with Crippen molar-refractivity contribution in [3.63, 3.8) is 0 Å². The molecule has 124 valence electrons. The van der Waals surface area contributed by atoms with Crippen molar-refractivity contribution in [3.05, 3.63) is 29.6 Å². The summed E-state index contributed by atoms with van der Waals surface area (Å²) in [5.74, 6) is -0.536. The van der Waals surface area contributed by atoms with Crippen LogP contribution in [0.15, 0.2) is 18.2 Å². The van der Waals surface area contributed by atoms with E-state index in [1.807, 2.05) is 6.92 Å². The molecular weight excluding hydrogens is 287 g/mol. The molecular formula is C16H25FN2O3. The number of benzene rings is 1. The molecule has 22 heavy (non-hydrogen) atoms. The third kappa shape index (κ3) is 5.99. The first-order valence-corrected chi connectivity index (χ1v) is 7.38. The molecule has 1 aromatic rings. The topological polar surface area (TPSA) is 50.8 Å². The number of carbonyl (C=O) groups is 1. The van der Waals surface area contributed by atoms with Crippen LogP contribution in [0.1, 0.15) is 19.4 Å². The SMILES string of the molecule is CCOCCO[C@@H](C)C(=O)NCc1ccc(N(C)C)c(F)c1. The number of halogens is 1. The fourth-order valence-corrected chi connectivity index (χ4v) is 1.86. The van der Waals surface area contributed by atoms with E-state index in [0.29, 0.717) is 31.1 Å². The maximum absolute atomic E-state index is 13.8. The van der Waals surface area contributed by atoms with Crippen LogP contribution in [0, 0.1) is 5.82 Å². The molecule has 1 N–H and O–H groups in total. The van der Waals surface area contributed by atoms with Gasteiger partial charge in [0.1, 0.15) is 11.9 Å². The highest BCUT2D eigenvalue weighted by atomic mass is 19.1. The Morgan fingerprint density at radius 3 is 2.68 bits per heavy atom. The molecule has 0 heterocycles. The van der Waals surface area contributed by atoms with Crippen LogP contribution in [0.2, 0.25) is 0 Å². The summed E-state index contributed by atoms with van der Waals surface area (Å²) in [6, 6.07) is 4.91. The Bertz CT molecular complexity index is 480. The molecule has 1 rings (SSSR count). The molecule has 0 saturated heterocycles. The smallest absolute Gasteiger partial charge is 0.249 e. The Morgan fingerprint density at radius 2 is 2.09 bits per heavy atom. The van der Waals surface area contributed by atoms with Gasteiger partial charge in [0.25, 0.3) is 0 Å². The van der Waals surface area contributed by atoms with Crippen LogP contribution in [-0.4, -0.2) is 45.9 Å². The van der Waals surface area contributed by atoms with Crippen LogP contribution in [0.5, 0.6) is 0 Å². The summed E-state index contributed by atoms with van der Waals surface area (Å²) in [6.45, 7) is 5.30. The van der Waals surface area contributed by atoms with Gasteiger partial charge in [-0.25, -0.2) is 4.39 Å². The van der Waals surface area contributed by atoms with E-state index in [0.717, 1.165) is 0 Å². The highest BCUT2D eigenvalue weighted by Gasteiger charge is 2.13. The van der Waals surface area contributed by atoms with Crippen LogP contribution in [0.3, 0.4) is 0 Å². The van der Waals surface area contributed by atoms with Crippen LogP contribution in [0.25, 0.3) is 0 Å². The molecule has 0 unspecified atom stereocenters. The van der Waals surface area contributed by atoms with Gasteiger partial charge in [0.15, 0.2) is 0 Å². The number of hydrogen-bond acceptors (Lipinski definition) is 4. The van der Waals surface area contributed by atoms with Gasteiger partial charge in [-0.15, -0.1) is 0 Å². The number of anilines is 1. The van der Waals surface area contributed by atoms with Crippen molar-refractivity contribution >= 4 is 11.6 Å². The van der Waals surface area contributed by atoms with E-state index in [9.17, 15) is 9.18 Å². The molecule has 0 aliphatic heterocycles. The van der Waals surface area contributed by atoms with Crippen molar-refractivity contribution in [2.75, 3.05) is 38.8 Å². The monoisotopic (exact) mass is 312 g/mol. The van der Waals surface area contributed by atoms with Gasteiger partial charge in [-0.05, 0) is 31.5 Å². The number of hydrogen-bond donors (Lipinski definition) is 1. The summed E-state index contributed by atoms with van der Waals surface area (Å²) >= 11 is 0. The normalized spacial score (nSPS) is 12.0. The van der Waals surface area contributed by atoms with E-state index in [1.165, 1.54) is 6.07 Å². The van der Waals surface area contributed by atoms with Gasteiger partial charge in [0, 0.05) is 27.2 Å². The summed E-state index contributed by atoms with van der Waals surface area (Å²) in [5.41, 5.74) is 1.22. The molecule has 0 saturated carbocycles. The van der Waals surface area contributed by atoms with Crippen molar-refractivity contribution in [3.8, 4) is 0 Å². The summed E-state index contributed by atoms with van der Waals surface area (Å²) in [6.07, 6.45) is -0.564. The molecule has 0 spiro atoms. The molecule has 1 aromatic carbocycles. The fourth-order valence-electron chi connectivity index (χ4n) is 1.86. The highest BCUT2D eigenvalue weighted by molar-refractivity contribution is 5.80. The minimum Gasteiger partial charge on any atom is -0.379 e. The summed E-state index contributed by atoms with van der Waals surface area (Å²) in [7, 11) is 3.56. The minimum absolute atomic E-state index is 0.228. The number of carbonyl (C=O) groups excluding carboxylic acids is 1. The Hall–Kier alpha value is -1.66. The van der Waals surface area contributed by atoms with E-state index in [-0.39, 0.29) is 18.3 Å². The Morgan fingerprint density at radius 1 is 1.36 bits per heavy atom. The quantitative estimate of drug-likeness (QED) is 0.708. The van der Waals surface area contributed by atoms with Crippen molar-refractivity contribution in [1.29, 1.82) is 0 Å². The molecule has 0 radical (unpaired) electrons. The lowest BCUT2D eigenvalue weighted by atomic mass is 10.2. The lowest BCUT2D eigenvalue weighted by Crippen LogP contribution is -2.34. The van der Waals surface area contributed by atoms with Crippen LogP contribution in [-0.2, 0) is 20.8 Å². The third-order valence-electron chi connectivity index (χ3n) is 3.13. The van der Waals surface area contributed by atoms with Crippen LogP contribution < -0.4 is 10.2 Å². The van der Waals surface area contributed by atoms with Crippen molar-refractivity contribution in [2.45, 2.75) is 26.5 Å². The second-order valence-electron chi connectivity index (χ2n) is 5.11. The first-order valence-electron chi connectivity index (χ1n) is 7.38. The standard InChI is InChI=1S/C16H25FN2O3/c1-5-21-8-9-22-12(2)16(20)18-11-13-6-7-15(19(3)4)14(17)10-13/h6-7,10,12H,5,8-9,11H2,1-4H3,(H,18,20)/t12-/m0/s1. The van der Waals surface area contributed by atoms with Crippen molar-refractivity contribution < 1.29 is 18.7 Å². The minimum atomic E-state index is -0.564. The molecule has 0 fully saturated rings. The maximum atomic E-state index is 13.8. The molecule has 0 aromatic heterocycles. The third-order valence-corrected chi connectivity index (χ3v) is 3.13. The van der Waals surface area contributed by atoms with E-state index < -0.39 is 6.10 Å². The predicted octanol–water partition coefficient (Wildman–Crippen LogP) is 1.95. The molecule has 1 amide bonds. The number of ether oxygens (including phenoxy) is 2. The van der Waals surface area contributed by atoms with Crippen LogP contribution >= 0.6 is 0 Å². The molecule has 0 aliphatic rings. The van der Waals surface area contributed by atoms with Gasteiger partial charge < -0.3 is 19.7 Å². The number of nitrogens with one attached hydrogen (secondary N) is 1. The van der Waals surface area contributed by atoms with Crippen molar-refractivity contribution in [1.82, 2.24) is 5.32 Å². The average molecular weight is 312 g/mol. The zero-order valence-electron chi connectivity index (χ0n) is 13.7. The Labute approximate surface area is 131 Å². The molecule has 0 aliphatic carbocycles. The summed E-state index contributed by atoms with van der Waals surface area (Å²) in [4.78, 5) is 13.6. The molecule has 1 atom stereocenters. The maximum Gasteiger partial charge on any atom is 0.249 e. The number of rotatable bonds is 9. The van der Waals surface area contributed by atoms with Gasteiger partial charge in [0.05, 0.1) is 18.9 Å². The lowest BCUT2D eigenvalue weighted by Gasteiger charge is -2.15. The molecule has 6 heteroatoms. The van der Waals surface area contributed by atoms with Gasteiger partial charge in [-0.1, -0.05) is 6.07 Å². The fraction of sp³-hybridized carbons (Fsp3) is 0.562. The van der Waals surface area contributed by atoms with E-state index in [2.05, 4.69) is 5.32 Å². The zero-order valence-corrected chi connectivity index (χ0v) is 13.7. The van der Waals surface area contributed by atoms with E-state index in [1.54, 1.807) is 38.1 Å². The number of nitrogens with zero attached hydrogens (tertiary/aromatic N) is 1. The zero-order chi connectivity index (χ0) is 16.5. The molecule has 0 bridgehead atoms. The molecule has 5 nitrogen and oxygen atoms in total. The second-order valence-corrected chi connectivity index (χ2v) is 5.11. The van der Waals surface area contributed by atoms with Gasteiger partial charge >= 0.3 is 0 Å². The predicted molar refractivity (Wildman–Crippen MR) is 84.5 cm³/mol. The average Bonchev–Trinajstić information content (AvgIpc) is 2.48. The second kappa shape index (κ2) is 9.38. The first kappa shape index (κ1) is 18.4. The summed E-state index contributed by atoms with van der Waals surface area (Å²) in [5, 5.41) is 2.73. The lowest BCUT2D eigenvalue weighted by molar-refractivity contribution is -0.132. The van der Waals surface area contributed by atoms with E-state index >= 15 is 0 Å². The summed E-state index contributed by atoms with van der Waals surface area (Å²) < 4.78 is 24.3. The highest BCUT2D eigenvalue weighted by Crippen LogP contribution is 2.18. The Kier molecular flexibility index (Phi) is 7.84. The first-order chi connectivity index (χ1) is 10.5. The van der Waals surface area contributed by atoms with Gasteiger partial charge in [-0.3, -0.25) is 4.79 Å². The van der Waals surface area contributed by atoms with Crippen molar-refractivity contribution in [2.24, 2.45) is 0 Å². The number of amides is 1. The van der Waals surface area contributed by atoms with Gasteiger partial charge in [-0.2, -0.15) is 0 Å².